The molecule has 21 heavy (non-hydrogen) atoms. The molecule has 1 unspecified atom stereocenters. The number of benzene rings is 2. The van der Waals surface area contributed by atoms with E-state index in [0.717, 1.165) is 0 Å². The molecule has 0 bridgehead atoms. The third-order valence-corrected chi connectivity index (χ3v) is 4.59. The van der Waals surface area contributed by atoms with Gasteiger partial charge < -0.3 is 4.74 Å². The summed E-state index contributed by atoms with van der Waals surface area (Å²) in [5.74, 6) is -0.180. The molecule has 0 aliphatic heterocycles. The largest absolute Gasteiger partial charge is 0.496 e. The van der Waals surface area contributed by atoms with Crippen molar-refractivity contribution in [3.8, 4) is 5.75 Å². The second-order valence-corrected chi connectivity index (χ2v) is 7.01. The lowest BCUT2D eigenvalue weighted by molar-refractivity contribution is -0.131. The highest BCUT2D eigenvalue weighted by molar-refractivity contribution is 8.14. The van der Waals surface area contributed by atoms with E-state index in [-0.39, 0.29) is 11.1 Å². The molecule has 3 nitrogen and oxygen atoms in total. The van der Waals surface area contributed by atoms with E-state index >= 15 is 0 Å². The van der Waals surface area contributed by atoms with Crippen LogP contribution in [-0.4, -0.2) is 21.7 Å². The maximum Gasteiger partial charge on any atom is 0.410 e. The molecule has 0 saturated carbocycles. The zero-order valence-corrected chi connectivity index (χ0v) is 12.3. The first kappa shape index (κ1) is 15.9. The SMILES string of the molecule is COc1ccc2ccccc2c1C(C(F)(F)F)S(=O)(=O)Cl. The van der Waals surface area contributed by atoms with Crippen molar-refractivity contribution in [1.29, 1.82) is 0 Å². The number of halogens is 4. The molecule has 0 fully saturated rings. The maximum atomic E-state index is 13.2. The van der Waals surface area contributed by atoms with Crippen LogP contribution in [-0.2, 0) is 9.05 Å². The van der Waals surface area contributed by atoms with Crippen LogP contribution in [0.25, 0.3) is 10.8 Å². The van der Waals surface area contributed by atoms with E-state index in [1.165, 1.54) is 25.3 Å². The maximum absolute atomic E-state index is 13.2. The highest BCUT2D eigenvalue weighted by Gasteiger charge is 2.51. The highest BCUT2D eigenvalue weighted by atomic mass is 35.7. The second-order valence-electron chi connectivity index (χ2n) is 4.30. The molecule has 0 amide bonds. The molecule has 8 heteroatoms. The van der Waals surface area contributed by atoms with E-state index in [1.807, 2.05) is 0 Å². The molecule has 0 spiro atoms. The van der Waals surface area contributed by atoms with Crippen molar-refractivity contribution in [2.45, 2.75) is 11.4 Å². The van der Waals surface area contributed by atoms with Crippen LogP contribution >= 0.6 is 10.7 Å². The van der Waals surface area contributed by atoms with Crippen LogP contribution < -0.4 is 4.74 Å². The van der Waals surface area contributed by atoms with Crippen LogP contribution in [0, 0.1) is 0 Å². The second kappa shape index (κ2) is 5.38. The first-order chi connectivity index (χ1) is 9.66. The van der Waals surface area contributed by atoms with Crippen LogP contribution in [0.1, 0.15) is 10.8 Å². The molecule has 0 heterocycles. The van der Waals surface area contributed by atoms with E-state index in [0.29, 0.717) is 5.39 Å². The van der Waals surface area contributed by atoms with Crippen LogP contribution in [0.3, 0.4) is 0 Å². The van der Waals surface area contributed by atoms with Crippen molar-refractivity contribution in [3.05, 3.63) is 42.0 Å². The Morgan fingerprint density at radius 3 is 2.29 bits per heavy atom. The Balaban J connectivity index is 2.90. The lowest BCUT2D eigenvalue weighted by Gasteiger charge is -2.21. The zero-order valence-electron chi connectivity index (χ0n) is 10.7. The van der Waals surface area contributed by atoms with E-state index < -0.39 is 26.0 Å². The van der Waals surface area contributed by atoms with Gasteiger partial charge in [0.25, 0.3) is 0 Å². The highest BCUT2D eigenvalue weighted by Crippen LogP contribution is 2.47. The number of methoxy groups -OCH3 is 1. The Hall–Kier alpha value is -1.47. The molecule has 0 aliphatic carbocycles. The van der Waals surface area contributed by atoms with E-state index in [2.05, 4.69) is 0 Å². The number of alkyl halides is 3. The number of hydrogen-bond acceptors (Lipinski definition) is 3. The molecule has 0 radical (unpaired) electrons. The summed E-state index contributed by atoms with van der Waals surface area (Å²) < 4.78 is 67.5. The molecule has 1 atom stereocenters. The number of ether oxygens (including phenoxy) is 1. The lowest BCUT2D eigenvalue weighted by Crippen LogP contribution is -2.26. The van der Waals surface area contributed by atoms with Gasteiger partial charge in [-0.05, 0) is 16.8 Å². The molecule has 2 rings (SSSR count). The Morgan fingerprint density at radius 1 is 1.14 bits per heavy atom. The van der Waals surface area contributed by atoms with Crippen LogP contribution in [0.4, 0.5) is 13.2 Å². The Morgan fingerprint density at radius 2 is 1.76 bits per heavy atom. The van der Waals surface area contributed by atoms with Gasteiger partial charge >= 0.3 is 6.18 Å². The molecule has 0 aliphatic rings. The van der Waals surface area contributed by atoms with Gasteiger partial charge in [0.1, 0.15) is 5.75 Å². The van der Waals surface area contributed by atoms with Crippen LogP contribution in [0.5, 0.6) is 5.75 Å². The van der Waals surface area contributed by atoms with Gasteiger partial charge in [-0.1, -0.05) is 30.3 Å². The van der Waals surface area contributed by atoms with Crippen molar-refractivity contribution in [2.24, 2.45) is 0 Å². The van der Waals surface area contributed by atoms with Crippen molar-refractivity contribution >= 4 is 30.5 Å². The molecule has 114 valence electrons. The van der Waals surface area contributed by atoms with Gasteiger partial charge in [0.2, 0.25) is 9.05 Å². The minimum absolute atomic E-state index is 0.128. The summed E-state index contributed by atoms with van der Waals surface area (Å²) >= 11 is 0. The minimum Gasteiger partial charge on any atom is -0.496 e. The molecular weight excluding hydrogens is 329 g/mol. The number of rotatable bonds is 3. The normalized spacial score (nSPS) is 14.1. The molecule has 0 aromatic heterocycles. The average molecular weight is 339 g/mol. The average Bonchev–Trinajstić information content (AvgIpc) is 2.36. The summed E-state index contributed by atoms with van der Waals surface area (Å²) in [6, 6.07) is 8.96. The Labute approximate surface area is 123 Å². The lowest BCUT2D eigenvalue weighted by atomic mass is 10.0. The third-order valence-electron chi connectivity index (χ3n) is 2.99. The minimum atomic E-state index is -5.06. The Kier molecular flexibility index (Phi) is 4.08. The predicted octanol–water partition coefficient (Wildman–Crippen LogP) is 4.02. The van der Waals surface area contributed by atoms with Gasteiger partial charge in [-0.2, -0.15) is 13.2 Å². The van der Waals surface area contributed by atoms with Crippen molar-refractivity contribution in [3.63, 3.8) is 0 Å². The first-order valence-corrected chi connectivity index (χ1v) is 8.09. The predicted molar refractivity (Wildman–Crippen MR) is 74.1 cm³/mol. The fraction of sp³-hybridized carbons (Fsp3) is 0.231. The van der Waals surface area contributed by atoms with Gasteiger partial charge in [0.05, 0.1) is 7.11 Å². The quantitative estimate of drug-likeness (QED) is 0.794. The van der Waals surface area contributed by atoms with E-state index in [1.54, 1.807) is 18.2 Å². The molecule has 2 aromatic rings. The van der Waals surface area contributed by atoms with Crippen LogP contribution in [0.2, 0.25) is 0 Å². The van der Waals surface area contributed by atoms with Crippen molar-refractivity contribution in [1.82, 2.24) is 0 Å². The summed E-state index contributed by atoms with van der Waals surface area (Å²) in [5, 5.41) is -2.26. The molecule has 2 aromatic carbocycles. The van der Waals surface area contributed by atoms with E-state index in [9.17, 15) is 21.6 Å². The smallest absolute Gasteiger partial charge is 0.410 e. The summed E-state index contributed by atoms with van der Waals surface area (Å²) in [5.41, 5.74) is -0.502. The summed E-state index contributed by atoms with van der Waals surface area (Å²) in [7, 11) is 1.28. The summed E-state index contributed by atoms with van der Waals surface area (Å²) in [6.07, 6.45) is -5.06. The van der Waals surface area contributed by atoms with E-state index in [4.69, 9.17) is 15.4 Å². The van der Waals surface area contributed by atoms with Gasteiger partial charge in [-0.3, -0.25) is 0 Å². The van der Waals surface area contributed by atoms with Gasteiger partial charge in [-0.15, -0.1) is 0 Å². The first-order valence-electron chi connectivity index (χ1n) is 5.72. The van der Waals surface area contributed by atoms with Crippen molar-refractivity contribution < 1.29 is 26.3 Å². The number of hydrogen-bond donors (Lipinski definition) is 0. The van der Waals surface area contributed by atoms with Gasteiger partial charge in [0, 0.05) is 16.2 Å². The monoisotopic (exact) mass is 338 g/mol. The third kappa shape index (κ3) is 3.08. The summed E-state index contributed by atoms with van der Waals surface area (Å²) in [4.78, 5) is 0. The Bertz CT molecular complexity index is 772. The van der Waals surface area contributed by atoms with Crippen molar-refractivity contribution in [2.75, 3.05) is 7.11 Å². The topological polar surface area (TPSA) is 43.4 Å². The number of fused-ring (bicyclic) bond motifs is 1. The zero-order chi connectivity index (χ0) is 15.8. The van der Waals surface area contributed by atoms with Gasteiger partial charge in [0.15, 0.2) is 5.25 Å². The van der Waals surface area contributed by atoms with Gasteiger partial charge in [-0.25, -0.2) is 8.42 Å². The van der Waals surface area contributed by atoms with Crippen LogP contribution in [0.15, 0.2) is 36.4 Å². The molecular formula is C13H10ClF3O3S. The summed E-state index contributed by atoms with van der Waals surface area (Å²) in [6.45, 7) is 0. The fourth-order valence-electron chi connectivity index (χ4n) is 2.19. The molecule has 0 saturated heterocycles. The fourth-order valence-corrected chi connectivity index (χ4v) is 3.60. The standard InChI is InChI=1S/C13H10ClF3O3S/c1-20-10-7-6-8-4-2-3-5-9(8)11(10)12(13(15,16)17)21(14,18)19/h2-7,12H,1H3. The molecule has 0 N–H and O–H groups in total.